The molecular weight excluding hydrogens is 466 g/mol. The van der Waals surface area contributed by atoms with Crippen LogP contribution in [0.4, 0.5) is 26.3 Å². The average molecular weight is 482 g/mol. The van der Waals surface area contributed by atoms with Crippen LogP contribution in [0.25, 0.3) is 0 Å². The van der Waals surface area contributed by atoms with Crippen molar-refractivity contribution >= 4 is 15.7 Å². The van der Waals surface area contributed by atoms with Crippen LogP contribution in [0.15, 0.2) is 35.4 Å². The standard InChI is InChI=1S/C19H16F6N2O4S/c1-10(18(20,21)22)31-16-4-3-13(32(2,29)30)6-14(16)17(28)27-8-11-5-12(19(23,24)25)7-26-15(11)9-27/h3-7,10H,8-9H2,1-2H3/t10-/m0/s1. The average Bonchev–Trinajstić information content (AvgIpc) is 3.08. The Hall–Kier alpha value is -2.83. The number of amides is 1. The Balaban J connectivity index is 1.97. The number of hydrogen-bond acceptors (Lipinski definition) is 5. The van der Waals surface area contributed by atoms with E-state index in [-0.39, 0.29) is 29.2 Å². The fourth-order valence-corrected chi connectivity index (χ4v) is 3.64. The minimum atomic E-state index is -4.75. The number of hydrogen-bond donors (Lipinski definition) is 0. The van der Waals surface area contributed by atoms with Crippen LogP contribution < -0.4 is 4.74 Å². The van der Waals surface area contributed by atoms with Crippen LogP contribution in [-0.4, -0.2) is 42.7 Å². The van der Waals surface area contributed by atoms with Crippen LogP contribution >= 0.6 is 0 Å². The number of halogens is 6. The van der Waals surface area contributed by atoms with Gasteiger partial charge >= 0.3 is 12.4 Å². The molecule has 0 saturated carbocycles. The molecule has 1 aliphatic heterocycles. The summed E-state index contributed by atoms with van der Waals surface area (Å²) in [6.45, 7) is 0.221. The minimum absolute atomic E-state index is 0.124. The van der Waals surface area contributed by atoms with Gasteiger partial charge < -0.3 is 9.64 Å². The second-order valence-corrected chi connectivity index (χ2v) is 9.24. The molecule has 0 unspecified atom stereocenters. The first kappa shape index (κ1) is 23.8. The number of aromatic nitrogens is 1. The molecule has 0 fully saturated rings. The summed E-state index contributed by atoms with van der Waals surface area (Å²) in [7, 11) is -3.82. The number of carbonyl (C=O) groups is 1. The third-order valence-electron chi connectivity index (χ3n) is 4.75. The molecular formula is C19H16F6N2O4S. The Morgan fingerprint density at radius 2 is 1.78 bits per heavy atom. The van der Waals surface area contributed by atoms with Gasteiger partial charge in [-0.1, -0.05) is 0 Å². The van der Waals surface area contributed by atoms with E-state index in [1.54, 1.807) is 0 Å². The van der Waals surface area contributed by atoms with Crippen LogP contribution in [-0.2, 0) is 29.1 Å². The van der Waals surface area contributed by atoms with Gasteiger partial charge in [0.15, 0.2) is 15.9 Å². The molecule has 1 aromatic carbocycles. The quantitative estimate of drug-likeness (QED) is 0.616. The van der Waals surface area contributed by atoms with E-state index < -0.39 is 51.1 Å². The maximum atomic E-state index is 13.0. The van der Waals surface area contributed by atoms with E-state index in [9.17, 15) is 39.6 Å². The summed E-state index contributed by atoms with van der Waals surface area (Å²) in [5, 5.41) is 0. The van der Waals surface area contributed by atoms with Gasteiger partial charge in [0.05, 0.1) is 28.3 Å². The summed E-state index contributed by atoms with van der Waals surface area (Å²) in [5.74, 6) is -1.42. The van der Waals surface area contributed by atoms with Crippen LogP contribution in [0.2, 0.25) is 0 Å². The Morgan fingerprint density at radius 1 is 1.12 bits per heavy atom. The number of benzene rings is 1. The van der Waals surface area contributed by atoms with Gasteiger partial charge in [-0.3, -0.25) is 9.78 Å². The molecule has 1 atom stereocenters. The molecule has 0 spiro atoms. The SMILES string of the molecule is C[C@H](Oc1ccc(S(C)(=O)=O)cc1C(=O)N1Cc2cc(C(F)(F)F)cnc2C1)C(F)(F)F. The number of alkyl halides is 6. The largest absolute Gasteiger partial charge is 0.480 e. The highest BCUT2D eigenvalue weighted by Gasteiger charge is 2.39. The lowest BCUT2D eigenvalue weighted by Gasteiger charge is -2.22. The first-order valence-electron chi connectivity index (χ1n) is 8.99. The second-order valence-electron chi connectivity index (χ2n) is 7.22. The van der Waals surface area contributed by atoms with Gasteiger partial charge in [0.1, 0.15) is 5.75 Å². The maximum absolute atomic E-state index is 13.0. The molecule has 1 aromatic heterocycles. The van der Waals surface area contributed by atoms with E-state index in [1.165, 1.54) is 0 Å². The van der Waals surface area contributed by atoms with E-state index in [1.807, 2.05) is 0 Å². The molecule has 2 aromatic rings. The zero-order valence-electron chi connectivity index (χ0n) is 16.6. The zero-order chi connectivity index (χ0) is 24.1. The Morgan fingerprint density at radius 3 is 2.34 bits per heavy atom. The molecule has 1 amide bonds. The molecule has 174 valence electrons. The number of ether oxygens (including phenoxy) is 1. The van der Waals surface area contributed by atoms with Crippen LogP contribution in [0.3, 0.4) is 0 Å². The van der Waals surface area contributed by atoms with Gasteiger partial charge in [-0.2, -0.15) is 26.3 Å². The lowest BCUT2D eigenvalue weighted by molar-refractivity contribution is -0.189. The summed E-state index contributed by atoms with van der Waals surface area (Å²) < 4.78 is 106. The monoisotopic (exact) mass is 482 g/mol. The summed E-state index contributed by atoms with van der Waals surface area (Å²) in [6.07, 6.45) is -10.2. The molecule has 32 heavy (non-hydrogen) atoms. The second kappa shape index (κ2) is 7.94. The number of rotatable bonds is 4. The van der Waals surface area contributed by atoms with E-state index in [2.05, 4.69) is 4.98 Å². The van der Waals surface area contributed by atoms with Crippen LogP contribution in [0.1, 0.15) is 34.1 Å². The van der Waals surface area contributed by atoms with Gasteiger partial charge in [0.25, 0.3) is 5.91 Å². The van der Waals surface area contributed by atoms with Gasteiger partial charge in [-0.05, 0) is 36.8 Å². The summed E-state index contributed by atoms with van der Waals surface area (Å²) in [4.78, 5) is 17.5. The van der Waals surface area contributed by atoms with Gasteiger partial charge in [0, 0.05) is 19.0 Å². The summed E-state index contributed by atoms with van der Waals surface area (Å²) in [5.41, 5.74) is -1.16. The highest BCUT2D eigenvalue weighted by Crippen LogP contribution is 2.34. The van der Waals surface area contributed by atoms with Crippen LogP contribution in [0, 0.1) is 0 Å². The Bertz CT molecular complexity index is 1160. The van der Waals surface area contributed by atoms with E-state index >= 15 is 0 Å². The van der Waals surface area contributed by atoms with E-state index in [4.69, 9.17) is 4.74 Å². The van der Waals surface area contributed by atoms with Crippen molar-refractivity contribution in [1.29, 1.82) is 0 Å². The normalized spacial score (nSPS) is 15.4. The van der Waals surface area contributed by atoms with Crippen molar-refractivity contribution in [1.82, 2.24) is 9.88 Å². The highest BCUT2D eigenvalue weighted by atomic mass is 32.2. The lowest BCUT2D eigenvalue weighted by atomic mass is 10.1. The van der Waals surface area contributed by atoms with Gasteiger partial charge in [0.2, 0.25) is 0 Å². The maximum Gasteiger partial charge on any atom is 0.425 e. The highest BCUT2D eigenvalue weighted by molar-refractivity contribution is 7.90. The van der Waals surface area contributed by atoms with Crippen molar-refractivity contribution in [3.8, 4) is 5.75 Å². The minimum Gasteiger partial charge on any atom is -0.480 e. The molecule has 0 N–H and O–H groups in total. The number of pyridine rings is 1. The molecule has 1 aliphatic rings. The number of nitrogens with zero attached hydrogens (tertiary/aromatic N) is 2. The van der Waals surface area contributed by atoms with Crippen LogP contribution in [0.5, 0.6) is 5.75 Å². The van der Waals surface area contributed by atoms with E-state index in [0.29, 0.717) is 13.1 Å². The van der Waals surface area contributed by atoms with Crippen molar-refractivity contribution in [3.05, 3.63) is 52.8 Å². The fourth-order valence-electron chi connectivity index (χ4n) is 3.00. The first-order valence-corrected chi connectivity index (χ1v) is 10.9. The number of sulfone groups is 1. The van der Waals surface area contributed by atoms with Crippen molar-refractivity contribution in [2.75, 3.05) is 6.26 Å². The molecule has 0 saturated heterocycles. The summed E-state index contributed by atoms with van der Waals surface area (Å²) >= 11 is 0. The van der Waals surface area contributed by atoms with Gasteiger partial charge in [-0.25, -0.2) is 8.42 Å². The van der Waals surface area contributed by atoms with Crippen molar-refractivity contribution in [2.45, 2.75) is 43.4 Å². The first-order chi connectivity index (χ1) is 14.6. The molecule has 3 rings (SSSR count). The third kappa shape index (κ3) is 4.97. The van der Waals surface area contributed by atoms with Gasteiger partial charge in [-0.15, -0.1) is 0 Å². The Labute approximate surface area is 178 Å². The fraction of sp³-hybridized carbons (Fsp3) is 0.368. The number of carbonyl (C=O) groups excluding carboxylic acids is 1. The summed E-state index contributed by atoms with van der Waals surface area (Å²) in [6, 6.07) is 3.66. The molecule has 0 radical (unpaired) electrons. The van der Waals surface area contributed by atoms with Crippen molar-refractivity contribution in [3.63, 3.8) is 0 Å². The van der Waals surface area contributed by atoms with Crippen molar-refractivity contribution < 1.29 is 44.3 Å². The van der Waals surface area contributed by atoms with Crippen molar-refractivity contribution in [2.24, 2.45) is 0 Å². The molecule has 0 aliphatic carbocycles. The van der Waals surface area contributed by atoms with E-state index in [0.717, 1.165) is 35.4 Å². The predicted molar refractivity (Wildman–Crippen MR) is 98.5 cm³/mol. The smallest absolute Gasteiger partial charge is 0.425 e. The Kier molecular flexibility index (Phi) is 5.91. The third-order valence-corrected chi connectivity index (χ3v) is 5.86. The number of fused-ring (bicyclic) bond motifs is 1. The lowest BCUT2D eigenvalue weighted by Crippen LogP contribution is -2.32. The molecule has 2 heterocycles. The molecule has 6 nitrogen and oxygen atoms in total. The predicted octanol–water partition coefficient (Wildman–Crippen LogP) is 3.99. The molecule has 13 heteroatoms. The zero-order valence-corrected chi connectivity index (χ0v) is 17.4. The molecule has 0 bridgehead atoms. The topological polar surface area (TPSA) is 76.6 Å².